The Bertz CT molecular complexity index is 1620. The monoisotopic (exact) mass is 469 g/mol. The molecule has 0 amide bonds. The maximum atomic E-state index is 5.97. The average Bonchev–Trinajstić information content (AvgIpc) is 3.63. The fraction of sp³-hybridized carbons (Fsp3) is 0.120. The number of nitrogens with zero attached hydrogens (tertiary/aromatic N) is 5. The predicted octanol–water partition coefficient (Wildman–Crippen LogP) is 5.80. The first-order valence-corrected chi connectivity index (χ1v) is 11.6. The summed E-state index contributed by atoms with van der Waals surface area (Å²) in [6.07, 6.45) is 1.63. The van der Waals surface area contributed by atoms with Gasteiger partial charge in [-0.2, -0.15) is 0 Å². The summed E-state index contributed by atoms with van der Waals surface area (Å²) in [5, 5.41) is 10.6. The van der Waals surface area contributed by atoms with E-state index in [0.717, 1.165) is 33.6 Å². The first-order chi connectivity index (χ1) is 16.7. The van der Waals surface area contributed by atoms with Gasteiger partial charge in [0.15, 0.2) is 22.4 Å². The van der Waals surface area contributed by atoms with E-state index in [4.69, 9.17) is 23.5 Å². The molecule has 0 saturated carbocycles. The number of para-hydroxylation sites is 2. The molecule has 0 bridgehead atoms. The lowest BCUT2D eigenvalue weighted by Gasteiger charge is -2.07. The third-order valence-corrected chi connectivity index (χ3v) is 6.47. The predicted molar refractivity (Wildman–Crippen MR) is 129 cm³/mol. The van der Waals surface area contributed by atoms with Crippen LogP contribution < -0.4 is 4.74 Å². The molecule has 168 valence electrons. The van der Waals surface area contributed by atoms with Crippen LogP contribution in [0.25, 0.3) is 39.6 Å². The number of methoxy groups -OCH3 is 1. The number of fused-ring (bicyclic) bond motifs is 3. The van der Waals surface area contributed by atoms with E-state index in [1.165, 1.54) is 11.8 Å². The van der Waals surface area contributed by atoms with Gasteiger partial charge >= 0.3 is 0 Å². The molecule has 0 atom stereocenters. The lowest BCUT2D eigenvalue weighted by molar-refractivity contribution is 0.414. The summed E-state index contributed by atoms with van der Waals surface area (Å²) < 4.78 is 19.0. The number of aromatic nitrogens is 5. The molecule has 0 aliphatic rings. The topological polar surface area (TPSA) is 91.5 Å². The largest absolute Gasteiger partial charge is 0.496 e. The van der Waals surface area contributed by atoms with Gasteiger partial charge in [-0.25, -0.2) is 9.97 Å². The molecule has 34 heavy (non-hydrogen) atoms. The molecule has 0 N–H and O–H groups in total. The molecule has 0 radical (unpaired) electrons. The van der Waals surface area contributed by atoms with Crippen molar-refractivity contribution >= 4 is 28.3 Å². The maximum absolute atomic E-state index is 5.97. The number of rotatable bonds is 6. The van der Waals surface area contributed by atoms with Crippen LogP contribution in [-0.4, -0.2) is 31.7 Å². The quantitative estimate of drug-likeness (QED) is 0.283. The minimum atomic E-state index is 0.528. The van der Waals surface area contributed by atoms with Crippen molar-refractivity contribution in [3.8, 4) is 28.8 Å². The average molecular weight is 470 g/mol. The first kappa shape index (κ1) is 20.5. The fourth-order valence-electron chi connectivity index (χ4n) is 3.86. The van der Waals surface area contributed by atoms with E-state index in [1.54, 1.807) is 13.4 Å². The lowest BCUT2D eigenvalue weighted by Crippen LogP contribution is -1.99. The second kappa shape index (κ2) is 8.35. The second-order valence-corrected chi connectivity index (χ2v) is 8.52. The van der Waals surface area contributed by atoms with Crippen LogP contribution in [0.1, 0.15) is 11.5 Å². The molecule has 0 saturated heterocycles. The molecular formula is C25H19N5O3S. The molecule has 0 fully saturated rings. The second-order valence-electron chi connectivity index (χ2n) is 7.58. The number of thioether (sulfide) groups is 1. The SMILES string of the molecule is COc1ccccc1-c1nc(CSc2nnc3c4ccccc4nc(-c4ccco4)n23)c(C)o1. The number of benzene rings is 2. The van der Waals surface area contributed by atoms with Crippen LogP contribution in [0.3, 0.4) is 0 Å². The van der Waals surface area contributed by atoms with Crippen molar-refractivity contribution < 1.29 is 13.6 Å². The Morgan fingerprint density at radius 2 is 1.82 bits per heavy atom. The molecule has 0 aliphatic heterocycles. The van der Waals surface area contributed by atoms with Gasteiger partial charge < -0.3 is 13.6 Å². The normalized spacial score (nSPS) is 11.5. The molecule has 9 heteroatoms. The van der Waals surface area contributed by atoms with Crippen LogP contribution in [0.15, 0.2) is 80.9 Å². The van der Waals surface area contributed by atoms with Crippen molar-refractivity contribution in [3.63, 3.8) is 0 Å². The summed E-state index contributed by atoms with van der Waals surface area (Å²) in [7, 11) is 1.64. The molecule has 2 aromatic carbocycles. The Morgan fingerprint density at radius 1 is 0.971 bits per heavy atom. The lowest BCUT2D eigenvalue weighted by atomic mass is 10.2. The van der Waals surface area contributed by atoms with Crippen LogP contribution in [-0.2, 0) is 5.75 Å². The molecule has 8 nitrogen and oxygen atoms in total. The Morgan fingerprint density at radius 3 is 2.68 bits per heavy atom. The van der Waals surface area contributed by atoms with Gasteiger partial charge in [-0.1, -0.05) is 36.0 Å². The number of oxazole rings is 1. The van der Waals surface area contributed by atoms with Gasteiger partial charge in [-0.3, -0.25) is 4.40 Å². The van der Waals surface area contributed by atoms with Crippen LogP contribution in [0, 0.1) is 6.92 Å². The Kier molecular flexibility index (Phi) is 5.03. The molecule has 6 rings (SSSR count). The van der Waals surface area contributed by atoms with Gasteiger partial charge in [-0.15, -0.1) is 10.2 Å². The number of furan rings is 1. The van der Waals surface area contributed by atoms with E-state index in [-0.39, 0.29) is 0 Å². The zero-order valence-electron chi connectivity index (χ0n) is 18.4. The van der Waals surface area contributed by atoms with E-state index < -0.39 is 0 Å². The van der Waals surface area contributed by atoms with E-state index in [0.29, 0.717) is 34.1 Å². The van der Waals surface area contributed by atoms with Crippen molar-refractivity contribution in [2.45, 2.75) is 17.8 Å². The molecule has 4 heterocycles. The minimum absolute atomic E-state index is 0.528. The standard InChI is InChI=1S/C25H19N5O3S/c1-15-19(27-24(33-15)17-9-4-6-11-20(17)31-2)14-34-25-29-28-22-16-8-3-5-10-18(16)26-23(30(22)25)21-12-7-13-32-21/h3-13H,14H2,1-2H3. The van der Waals surface area contributed by atoms with Crippen molar-refractivity contribution in [2.24, 2.45) is 0 Å². The van der Waals surface area contributed by atoms with Crippen LogP contribution in [0.5, 0.6) is 5.75 Å². The highest BCUT2D eigenvalue weighted by Gasteiger charge is 2.20. The molecular weight excluding hydrogens is 450 g/mol. The van der Waals surface area contributed by atoms with Crippen LogP contribution >= 0.6 is 11.8 Å². The summed E-state index contributed by atoms with van der Waals surface area (Å²) in [5.41, 5.74) is 3.20. The van der Waals surface area contributed by atoms with E-state index in [9.17, 15) is 0 Å². The van der Waals surface area contributed by atoms with E-state index >= 15 is 0 Å². The van der Waals surface area contributed by atoms with Crippen LogP contribution in [0.2, 0.25) is 0 Å². The zero-order valence-corrected chi connectivity index (χ0v) is 19.2. The van der Waals surface area contributed by atoms with Gasteiger partial charge in [0.05, 0.1) is 30.1 Å². The molecule has 4 aromatic heterocycles. The molecule has 0 spiro atoms. The number of hydrogen-bond acceptors (Lipinski definition) is 8. The minimum Gasteiger partial charge on any atom is -0.496 e. The Hall–Kier alpha value is -4.11. The Labute approximate surface area is 198 Å². The van der Waals surface area contributed by atoms with Crippen molar-refractivity contribution in [2.75, 3.05) is 7.11 Å². The molecule has 6 aromatic rings. The van der Waals surface area contributed by atoms with Crippen molar-refractivity contribution in [1.82, 2.24) is 24.6 Å². The van der Waals surface area contributed by atoms with Gasteiger partial charge in [0.25, 0.3) is 0 Å². The number of hydrogen-bond donors (Lipinski definition) is 0. The number of ether oxygens (including phenoxy) is 1. The maximum Gasteiger partial charge on any atom is 0.230 e. The van der Waals surface area contributed by atoms with Gasteiger partial charge in [0, 0.05) is 11.1 Å². The molecule has 0 unspecified atom stereocenters. The van der Waals surface area contributed by atoms with Crippen molar-refractivity contribution in [1.29, 1.82) is 0 Å². The smallest absolute Gasteiger partial charge is 0.230 e. The number of aryl methyl sites for hydroxylation is 1. The third kappa shape index (κ3) is 3.41. The van der Waals surface area contributed by atoms with Crippen molar-refractivity contribution in [3.05, 3.63) is 78.4 Å². The van der Waals surface area contributed by atoms with E-state index in [2.05, 4.69) is 10.2 Å². The Balaban J connectivity index is 1.39. The highest BCUT2D eigenvalue weighted by molar-refractivity contribution is 7.98. The summed E-state index contributed by atoms with van der Waals surface area (Å²) in [4.78, 5) is 9.57. The highest BCUT2D eigenvalue weighted by atomic mass is 32.2. The summed E-state index contributed by atoms with van der Waals surface area (Å²) in [6, 6.07) is 19.3. The first-order valence-electron chi connectivity index (χ1n) is 10.6. The summed E-state index contributed by atoms with van der Waals surface area (Å²) in [5.74, 6) is 3.84. The highest BCUT2D eigenvalue weighted by Crippen LogP contribution is 2.33. The van der Waals surface area contributed by atoms with E-state index in [1.807, 2.05) is 72.0 Å². The van der Waals surface area contributed by atoms with Gasteiger partial charge in [0.1, 0.15) is 11.5 Å². The summed E-state index contributed by atoms with van der Waals surface area (Å²) >= 11 is 1.52. The zero-order chi connectivity index (χ0) is 23.1. The third-order valence-electron chi connectivity index (χ3n) is 5.53. The summed E-state index contributed by atoms with van der Waals surface area (Å²) in [6.45, 7) is 1.91. The molecule has 0 aliphatic carbocycles. The van der Waals surface area contributed by atoms with Gasteiger partial charge in [-0.05, 0) is 43.3 Å². The van der Waals surface area contributed by atoms with Gasteiger partial charge in [0.2, 0.25) is 5.89 Å². The fourth-order valence-corrected chi connectivity index (χ4v) is 4.79. The van der Waals surface area contributed by atoms with Crippen LogP contribution in [0.4, 0.5) is 0 Å².